The molecule has 1 aromatic rings. The molecule has 1 atom stereocenters. The Morgan fingerprint density at radius 2 is 1.79 bits per heavy atom. The van der Waals surface area contributed by atoms with Gasteiger partial charge in [-0.1, -0.05) is 6.92 Å². The van der Waals surface area contributed by atoms with E-state index in [1.165, 1.54) is 13.0 Å². The fourth-order valence-electron chi connectivity index (χ4n) is 3.09. The van der Waals surface area contributed by atoms with Gasteiger partial charge in [0.2, 0.25) is 0 Å². The van der Waals surface area contributed by atoms with Gasteiger partial charge in [-0.15, -0.1) is 0 Å². The molecule has 0 fully saturated rings. The fourth-order valence-corrected chi connectivity index (χ4v) is 3.09. The van der Waals surface area contributed by atoms with E-state index >= 15 is 0 Å². The maximum absolute atomic E-state index is 12.4. The lowest BCUT2D eigenvalue weighted by Gasteiger charge is -2.26. The summed E-state index contributed by atoms with van der Waals surface area (Å²) in [5.74, 6) is -0.0839. The van der Waals surface area contributed by atoms with Crippen molar-refractivity contribution in [2.75, 3.05) is 13.1 Å². The largest absolute Gasteiger partial charge is 0.476 e. The summed E-state index contributed by atoms with van der Waals surface area (Å²) in [6.45, 7) is 9.49. The third kappa shape index (κ3) is 5.43. The van der Waals surface area contributed by atoms with E-state index < -0.39 is 22.7 Å². The SMILES string of the molecule is CCC(Oc1cc2c(cc1[N+](=O)[O-])CCN(C(=O)OC(C)(C)C)CC2)C(C)=O. The highest BCUT2D eigenvalue weighted by Gasteiger charge is 2.28. The van der Waals surface area contributed by atoms with Gasteiger partial charge in [-0.3, -0.25) is 14.9 Å². The summed E-state index contributed by atoms with van der Waals surface area (Å²) in [5.41, 5.74) is 0.938. The van der Waals surface area contributed by atoms with Crippen LogP contribution in [0.4, 0.5) is 10.5 Å². The van der Waals surface area contributed by atoms with Crippen LogP contribution in [0.3, 0.4) is 0 Å². The van der Waals surface area contributed by atoms with Crippen molar-refractivity contribution in [2.24, 2.45) is 0 Å². The lowest BCUT2D eigenvalue weighted by atomic mass is 10.0. The van der Waals surface area contributed by atoms with Crippen LogP contribution in [0.5, 0.6) is 5.75 Å². The lowest BCUT2D eigenvalue weighted by molar-refractivity contribution is -0.386. The van der Waals surface area contributed by atoms with Crippen molar-refractivity contribution in [1.82, 2.24) is 4.90 Å². The number of rotatable bonds is 5. The molecule has 0 aromatic heterocycles. The van der Waals surface area contributed by atoms with E-state index in [2.05, 4.69) is 0 Å². The molecule has 154 valence electrons. The molecule has 1 aliphatic rings. The molecule has 0 radical (unpaired) electrons. The van der Waals surface area contributed by atoms with Gasteiger partial charge in [-0.05, 0) is 64.2 Å². The first-order chi connectivity index (χ1) is 13.0. The topological polar surface area (TPSA) is 99.0 Å². The zero-order chi connectivity index (χ0) is 21.1. The second-order valence-electron chi connectivity index (χ2n) is 7.94. The first-order valence-corrected chi connectivity index (χ1v) is 9.47. The molecular weight excluding hydrogens is 364 g/mol. The molecule has 8 nitrogen and oxygen atoms in total. The van der Waals surface area contributed by atoms with Crippen LogP contribution in [0, 0.1) is 10.1 Å². The molecule has 28 heavy (non-hydrogen) atoms. The number of nitro benzene ring substituents is 1. The molecule has 0 aliphatic carbocycles. The number of hydrogen-bond acceptors (Lipinski definition) is 6. The van der Waals surface area contributed by atoms with Crippen LogP contribution >= 0.6 is 0 Å². The number of Topliss-reactive ketones (excluding diaryl/α,β-unsaturated/α-hetero) is 1. The summed E-state index contributed by atoms with van der Waals surface area (Å²) >= 11 is 0. The number of amides is 1. The van der Waals surface area contributed by atoms with Gasteiger partial charge >= 0.3 is 11.8 Å². The van der Waals surface area contributed by atoms with E-state index in [9.17, 15) is 19.7 Å². The minimum Gasteiger partial charge on any atom is -0.476 e. The van der Waals surface area contributed by atoms with Gasteiger partial charge in [0.15, 0.2) is 17.6 Å². The molecule has 1 heterocycles. The smallest absolute Gasteiger partial charge is 0.410 e. The third-order valence-electron chi connectivity index (χ3n) is 4.53. The first-order valence-electron chi connectivity index (χ1n) is 9.47. The minimum atomic E-state index is -0.721. The quantitative estimate of drug-likeness (QED) is 0.560. The summed E-state index contributed by atoms with van der Waals surface area (Å²) in [4.78, 5) is 36.7. The predicted molar refractivity (Wildman–Crippen MR) is 104 cm³/mol. The second-order valence-corrected chi connectivity index (χ2v) is 7.94. The molecule has 0 saturated carbocycles. The van der Waals surface area contributed by atoms with E-state index in [4.69, 9.17) is 9.47 Å². The summed E-state index contributed by atoms with van der Waals surface area (Å²) in [7, 11) is 0. The number of ketones is 1. The highest BCUT2D eigenvalue weighted by atomic mass is 16.6. The number of nitrogens with zero attached hydrogens (tertiary/aromatic N) is 2. The van der Waals surface area contributed by atoms with Crippen LogP contribution in [0.15, 0.2) is 12.1 Å². The lowest BCUT2D eigenvalue weighted by Crippen LogP contribution is -2.38. The van der Waals surface area contributed by atoms with Crippen molar-refractivity contribution in [2.45, 2.75) is 65.6 Å². The molecule has 0 saturated heterocycles. The standard InChI is InChI=1S/C20H28N2O6/c1-6-17(13(2)23)27-18-12-15-8-10-21(19(24)28-20(3,4)5)9-7-14(15)11-16(18)22(25)26/h11-12,17H,6-10H2,1-5H3. The highest BCUT2D eigenvalue weighted by molar-refractivity contribution is 5.80. The number of carbonyl (C=O) groups excluding carboxylic acids is 2. The van der Waals surface area contributed by atoms with E-state index in [0.717, 1.165) is 11.1 Å². The Kier molecular flexibility index (Phi) is 6.64. The van der Waals surface area contributed by atoms with Crippen LogP contribution in [0.1, 0.15) is 52.2 Å². The molecule has 2 rings (SSSR count). The Morgan fingerprint density at radius 1 is 1.21 bits per heavy atom. The van der Waals surface area contributed by atoms with Crippen LogP contribution in [-0.4, -0.2) is 46.5 Å². The summed E-state index contributed by atoms with van der Waals surface area (Å²) in [5, 5.41) is 11.5. The van der Waals surface area contributed by atoms with E-state index in [0.29, 0.717) is 32.4 Å². The monoisotopic (exact) mass is 392 g/mol. The van der Waals surface area contributed by atoms with Crippen LogP contribution in [0.2, 0.25) is 0 Å². The van der Waals surface area contributed by atoms with Gasteiger partial charge in [0.1, 0.15) is 5.60 Å². The number of benzene rings is 1. The molecule has 0 bridgehead atoms. The third-order valence-corrected chi connectivity index (χ3v) is 4.53. The second kappa shape index (κ2) is 8.58. The zero-order valence-corrected chi connectivity index (χ0v) is 17.1. The maximum atomic E-state index is 12.4. The van der Waals surface area contributed by atoms with Crippen LogP contribution in [-0.2, 0) is 22.4 Å². The Hall–Kier alpha value is -2.64. The van der Waals surface area contributed by atoms with Gasteiger partial charge in [-0.25, -0.2) is 4.79 Å². The van der Waals surface area contributed by atoms with Gasteiger partial charge in [0, 0.05) is 19.2 Å². The molecule has 1 unspecified atom stereocenters. The average Bonchev–Trinajstić information content (AvgIpc) is 2.79. The normalized spacial score (nSPS) is 15.2. The van der Waals surface area contributed by atoms with Crippen molar-refractivity contribution in [3.63, 3.8) is 0 Å². The first kappa shape index (κ1) is 21.7. The van der Waals surface area contributed by atoms with Crippen molar-refractivity contribution < 1.29 is 24.0 Å². The zero-order valence-electron chi connectivity index (χ0n) is 17.1. The van der Waals surface area contributed by atoms with Gasteiger partial charge in [0.25, 0.3) is 0 Å². The van der Waals surface area contributed by atoms with Crippen LogP contribution < -0.4 is 4.74 Å². The number of fused-ring (bicyclic) bond motifs is 1. The molecular formula is C20H28N2O6. The minimum absolute atomic E-state index is 0.0940. The molecule has 1 aliphatic heterocycles. The average molecular weight is 392 g/mol. The molecule has 0 N–H and O–H groups in total. The Balaban J connectivity index is 2.27. The Morgan fingerprint density at radius 3 is 2.25 bits per heavy atom. The molecule has 1 aromatic carbocycles. The summed E-state index contributed by atoms with van der Waals surface area (Å²) < 4.78 is 11.1. The Bertz CT molecular complexity index is 769. The fraction of sp³-hybridized carbons (Fsp3) is 0.600. The van der Waals surface area contributed by atoms with Gasteiger partial charge < -0.3 is 14.4 Å². The maximum Gasteiger partial charge on any atom is 0.410 e. The van der Waals surface area contributed by atoms with E-state index in [1.54, 1.807) is 17.9 Å². The van der Waals surface area contributed by atoms with E-state index in [-0.39, 0.29) is 17.2 Å². The number of nitro groups is 1. The van der Waals surface area contributed by atoms with Gasteiger partial charge in [0.05, 0.1) is 4.92 Å². The number of carbonyl (C=O) groups is 2. The van der Waals surface area contributed by atoms with Crippen molar-refractivity contribution in [3.05, 3.63) is 33.4 Å². The van der Waals surface area contributed by atoms with Gasteiger partial charge in [-0.2, -0.15) is 0 Å². The molecule has 8 heteroatoms. The number of ether oxygens (including phenoxy) is 2. The van der Waals surface area contributed by atoms with Crippen molar-refractivity contribution in [1.29, 1.82) is 0 Å². The molecule has 1 amide bonds. The highest BCUT2D eigenvalue weighted by Crippen LogP contribution is 2.33. The van der Waals surface area contributed by atoms with Crippen molar-refractivity contribution >= 4 is 17.6 Å². The predicted octanol–water partition coefficient (Wildman–Crippen LogP) is 3.68. The summed E-state index contributed by atoms with van der Waals surface area (Å²) in [6, 6.07) is 3.13. The van der Waals surface area contributed by atoms with Crippen LogP contribution in [0.25, 0.3) is 0 Å². The number of hydrogen-bond donors (Lipinski definition) is 0. The van der Waals surface area contributed by atoms with Crippen molar-refractivity contribution in [3.8, 4) is 5.75 Å². The van der Waals surface area contributed by atoms with E-state index in [1.807, 2.05) is 20.8 Å². The summed E-state index contributed by atoms with van der Waals surface area (Å²) in [6.07, 6.45) is 0.324. The molecule has 0 spiro atoms. The Labute approximate surface area is 164 Å².